The van der Waals surface area contributed by atoms with Gasteiger partial charge in [0.2, 0.25) is 0 Å². The number of ether oxygens (including phenoxy) is 2. The summed E-state index contributed by atoms with van der Waals surface area (Å²) in [5.41, 5.74) is 0. The average molecular weight is 383 g/mol. The molecule has 0 unspecified atom stereocenters. The fourth-order valence-corrected chi connectivity index (χ4v) is 2.40. The van der Waals surface area contributed by atoms with Crippen LogP contribution < -0.4 is 0 Å². The molecule has 158 valence electrons. The van der Waals surface area contributed by atoms with Gasteiger partial charge in [-0.2, -0.15) is 0 Å². The Hall–Kier alpha value is -1.58. The Bertz CT molecular complexity index is 363. The van der Waals surface area contributed by atoms with E-state index >= 15 is 0 Å². The predicted molar refractivity (Wildman–Crippen MR) is 114 cm³/mol. The number of carbonyl (C=O) groups excluding carboxylic acids is 2. The molecule has 0 radical (unpaired) electrons. The molecule has 0 aromatic rings. The molecule has 0 rings (SSSR count). The summed E-state index contributed by atoms with van der Waals surface area (Å²) in [5.74, 6) is -0.621. The Kier molecular flexibility index (Phi) is 25.0. The van der Waals surface area contributed by atoms with E-state index in [-0.39, 0.29) is 11.9 Å². The lowest BCUT2D eigenvalue weighted by Crippen LogP contribution is -2.01. The largest absolute Gasteiger partial charge is 0.463 e. The second-order valence-electron chi connectivity index (χ2n) is 6.63. The summed E-state index contributed by atoms with van der Waals surface area (Å²) < 4.78 is 9.70. The number of rotatable bonds is 17. The summed E-state index contributed by atoms with van der Waals surface area (Å²) in [7, 11) is 0. The number of hydrogen-bond donors (Lipinski definition) is 0. The maximum absolute atomic E-state index is 10.6. The zero-order chi connectivity index (χ0) is 20.6. The Balaban J connectivity index is 0. The molecule has 0 saturated heterocycles. The number of esters is 2. The van der Waals surface area contributed by atoms with Crippen LogP contribution in [0, 0.1) is 0 Å². The monoisotopic (exact) mass is 382 g/mol. The van der Waals surface area contributed by atoms with Crippen molar-refractivity contribution in [2.45, 2.75) is 97.3 Å². The Morgan fingerprint density at radius 3 is 1.19 bits per heavy atom. The van der Waals surface area contributed by atoms with Gasteiger partial charge in [-0.05, 0) is 12.8 Å². The minimum Gasteiger partial charge on any atom is -0.463 e. The predicted octanol–water partition coefficient (Wildman–Crippen LogP) is 6.54. The highest BCUT2D eigenvalue weighted by Crippen LogP contribution is 2.07. The summed E-state index contributed by atoms with van der Waals surface area (Å²) in [6.45, 7) is 12.2. The van der Waals surface area contributed by atoms with Crippen LogP contribution in [0.1, 0.15) is 97.3 Å². The molecule has 0 bridgehead atoms. The third-order valence-corrected chi connectivity index (χ3v) is 4.07. The van der Waals surface area contributed by atoms with Crippen LogP contribution in [0.3, 0.4) is 0 Å². The smallest absolute Gasteiger partial charge is 0.330 e. The van der Waals surface area contributed by atoms with Gasteiger partial charge in [0.1, 0.15) is 0 Å². The molecular formula is C23H42O4. The van der Waals surface area contributed by atoms with Crippen molar-refractivity contribution in [3.05, 3.63) is 25.3 Å². The molecule has 27 heavy (non-hydrogen) atoms. The lowest BCUT2D eigenvalue weighted by molar-refractivity contribution is -0.138. The van der Waals surface area contributed by atoms with Gasteiger partial charge in [-0.15, -0.1) is 0 Å². The quantitative estimate of drug-likeness (QED) is 0.163. The van der Waals surface area contributed by atoms with Gasteiger partial charge in [0.15, 0.2) is 0 Å². The van der Waals surface area contributed by atoms with E-state index in [1.54, 1.807) is 0 Å². The Morgan fingerprint density at radius 1 is 0.593 bits per heavy atom. The van der Waals surface area contributed by atoms with Crippen LogP contribution in [0.5, 0.6) is 0 Å². The van der Waals surface area contributed by atoms with Crippen LogP contribution in [-0.2, 0) is 19.1 Å². The summed E-state index contributed by atoms with van der Waals surface area (Å²) in [4.78, 5) is 21.3. The summed E-state index contributed by atoms with van der Waals surface area (Å²) in [6.07, 6.45) is 18.3. The van der Waals surface area contributed by atoms with E-state index in [9.17, 15) is 9.59 Å². The minimum absolute atomic E-state index is 0.309. The van der Waals surface area contributed by atoms with E-state index in [1.165, 1.54) is 69.9 Å². The molecule has 4 nitrogen and oxygen atoms in total. The highest BCUT2D eigenvalue weighted by atomic mass is 16.5. The summed E-state index contributed by atoms with van der Waals surface area (Å²) >= 11 is 0. The molecule has 0 heterocycles. The van der Waals surface area contributed by atoms with Crippen molar-refractivity contribution < 1.29 is 19.1 Å². The van der Waals surface area contributed by atoms with E-state index in [4.69, 9.17) is 9.47 Å². The normalized spacial score (nSPS) is 9.70. The van der Waals surface area contributed by atoms with Crippen LogP contribution >= 0.6 is 0 Å². The van der Waals surface area contributed by atoms with Crippen molar-refractivity contribution in [1.29, 1.82) is 0 Å². The Labute approximate surface area is 167 Å². The molecule has 0 saturated carbocycles. The summed E-state index contributed by atoms with van der Waals surface area (Å²) in [5, 5.41) is 0. The first-order chi connectivity index (χ1) is 13.1. The number of hydrogen-bond acceptors (Lipinski definition) is 4. The van der Waals surface area contributed by atoms with Gasteiger partial charge in [0.05, 0.1) is 13.2 Å². The van der Waals surface area contributed by atoms with Crippen LogP contribution in [-0.4, -0.2) is 25.2 Å². The second kappa shape index (κ2) is 24.4. The molecule has 0 aliphatic rings. The first-order valence-corrected chi connectivity index (χ1v) is 10.7. The molecule has 0 fully saturated rings. The van der Waals surface area contributed by atoms with E-state index in [2.05, 4.69) is 27.0 Å². The maximum atomic E-state index is 10.6. The van der Waals surface area contributed by atoms with Crippen molar-refractivity contribution in [3.63, 3.8) is 0 Å². The van der Waals surface area contributed by atoms with Gasteiger partial charge in [-0.3, -0.25) is 0 Å². The van der Waals surface area contributed by atoms with Gasteiger partial charge < -0.3 is 9.47 Å². The zero-order valence-electron chi connectivity index (χ0n) is 17.8. The van der Waals surface area contributed by atoms with Crippen molar-refractivity contribution in [2.24, 2.45) is 0 Å². The van der Waals surface area contributed by atoms with Gasteiger partial charge in [0, 0.05) is 12.2 Å². The Morgan fingerprint density at radius 2 is 0.889 bits per heavy atom. The first-order valence-electron chi connectivity index (χ1n) is 10.7. The van der Waals surface area contributed by atoms with Crippen molar-refractivity contribution in [3.8, 4) is 0 Å². The van der Waals surface area contributed by atoms with Gasteiger partial charge >= 0.3 is 11.9 Å². The maximum Gasteiger partial charge on any atom is 0.330 e. The van der Waals surface area contributed by atoms with Crippen molar-refractivity contribution >= 4 is 11.9 Å². The van der Waals surface area contributed by atoms with Gasteiger partial charge in [0.25, 0.3) is 0 Å². The SMILES string of the molecule is C=CC(=O)OCCCCCCCC.C=CC(=O)OCCCCCCCCC. The van der Waals surface area contributed by atoms with Crippen molar-refractivity contribution in [2.75, 3.05) is 13.2 Å². The molecule has 4 heteroatoms. The molecule has 0 spiro atoms. The highest BCUT2D eigenvalue weighted by Gasteiger charge is 1.95. The molecule has 0 amide bonds. The molecule has 0 aliphatic heterocycles. The molecule has 0 aliphatic carbocycles. The fourth-order valence-electron chi connectivity index (χ4n) is 2.40. The third kappa shape index (κ3) is 26.8. The standard InChI is InChI=1S/C12H22O2.C11H20O2/c1-3-5-6-7-8-9-10-11-14-12(13)4-2;1-3-5-6-7-8-9-10-13-11(12)4-2/h4H,2-3,5-11H2,1H3;4H,2-3,5-10H2,1H3. The second-order valence-corrected chi connectivity index (χ2v) is 6.63. The lowest BCUT2D eigenvalue weighted by atomic mass is 10.1. The van der Waals surface area contributed by atoms with E-state index in [0.717, 1.165) is 25.7 Å². The molecular weight excluding hydrogens is 340 g/mol. The van der Waals surface area contributed by atoms with E-state index in [0.29, 0.717) is 13.2 Å². The van der Waals surface area contributed by atoms with Crippen LogP contribution in [0.25, 0.3) is 0 Å². The lowest BCUT2D eigenvalue weighted by Gasteiger charge is -2.01. The van der Waals surface area contributed by atoms with Gasteiger partial charge in [-0.25, -0.2) is 9.59 Å². The molecule has 0 aromatic heterocycles. The molecule has 0 N–H and O–H groups in total. The number of unbranched alkanes of at least 4 members (excludes halogenated alkanes) is 11. The molecule has 0 aromatic carbocycles. The van der Waals surface area contributed by atoms with E-state index in [1.807, 2.05) is 0 Å². The first kappa shape index (κ1) is 27.6. The van der Waals surface area contributed by atoms with E-state index < -0.39 is 0 Å². The molecule has 0 atom stereocenters. The van der Waals surface area contributed by atoms with Crippen LogP contribution in [0.15, 0.2) is 25.3 Å². The van der Waals surface area contributed by atoms with Crippen LogP contribution in [0.4, 0.5) is 0 Å². The average Bonchev–Trinajstić information content (AvgIpc) is 2.69. The zero-order valence-corrected chi connectivity index (χ0v) is 17.8. The van der Waals surface area contributed by atoms with Crippen LogP contribution in [0.2, 0.25) is 0 Å². The number of carbonyl (C=O) groups is 2. The van der Waals surface area contributed by atoms with Crippen molar-refractivity contribution in [1.82, 2.24) is 0 Å². The topological polar surface area (TPSA) is 52.6 Å². The summed E-state index contributed by atoms with van der Waals surface area (Å²) in [6, 6.07) is 0. The minimum atomic E-state index is -0.312. The van der Waals surface area contributed by atoms with Gasteiger partial charge in [-0.1, -0.05) is 97.6 Å². The third-order valence-electron chi connectivity index (χ3n) is 4.07. The fraction of sp³-hybridized carbons (Fsp3) is 0.739. The highest BCUT2D eigenvalue weighted by molar-refractivity contribution is 5.81.